The van der Waals surface area contributed by atoms with E-state index < -0.39 is 10.7 Å². The summed E-state index contributed by atoms with van der Waals surface area (Å²) in [6.07, 6.45) is 5.23. The molecule has 0 aliphatic rings. The Balaban J connectivity index is 2.08. The second-order valence-electron chi connectivity index (χ2n) is 7.46. The predicted octanol–water partition coefficient (Wildman–Crippen LogP) is 4.04. The molecule has 9 heteroatoms. The van der Waals surface area contributed by atoms with Gasteiger partial charge in [0.05, 0.1) is 23.6 Å². The molecule has 0 atom stereocenters. The zero-order valence-electron chi connectivity index (χ0n) is 18.3. The molecule has 0 radical (unpaired) electrons. The van der Waals surface area contributed by atoms with Gasteiger partial charge in [0.25, 0.3) is 0 Å². The Kier molecular flexibility index (Phi) is 8.64. The number of unbranched alkanes of at least 4 members (excludes halogenated alkanes) is 1. The Labute approximate surface area is 194 Å². The lowest BCUT2D eigenvalue weighted by molar-refractivity contribution is -0.143. The molecule has 7 nitrogen and oxygen atoms in total. The quantitative estimate of drug-likeness (QED) is 0.194. The Bertz CT molecular complexity index is 1170. The second-order valence-corrected chi connectivity index (χ2v) is 8.96. The molecule has 3 aromatic heterocycles. The fourth-order valence-electron chi connectivity index (χ4n) is 3.88. The van der Waals surface area contributed by atoms with Crippen LogP contribution in [0.2, 0.25) is 5.15 Å². The van der Waals surface area contributed by atoms with Crippen molar-refractivity contribution in [2.24, 2.45) is 0 Å². The van der Waals surface area contributed by atoms with Gasteiger partial charge in [-0.1, -0.05) is 18.5 Å². The summed E-state index contributed by atoms with van der Waals surface area (Å²) in [6, 6.07) is 7.79. The van der Waals surface area contributed by atoms with Crippen LogP contribution in [-0.4, -0.2) is 41.3 Å². The van der Waals surface area contributed by atoms with E-state index in [1.54, 1.807) is 13.1 Å². The van der Waals surface area contributed by atoms with Crippen LogP contribution in [0.1, 0.15) is 50.1 Å². The van der Waals surface area contributed by atoms with Crippen LogP contribution in [0.25, 0.3) is 16.6 Å². The molecule has 0 aromatic carbocycles. The van der Waals surface area contributed by atoms with E-state index in [9.17, 15) is 13.2 Å². The molecule has 0 aliphatic heterocycles. The van der Waals surface area contributed by atoms with E-state index >= 15 is 0 Å². The molecule has 0 unspecified atom stereocenters. The molecular weight excluding hydrogens is 450 g/mol. The van der Waals surface area contributed by atoms with Gasteiger partial charge in [0, 0.05) is 30.3 Å². The molecule has 0 amide bonds. The van der Waals surface area contributed by atoms with Gasteiger partial charge in [0.2, 0.25) is 0 Å². The SMILES string of the molecule is CCOC(=O)CCCCc1c(CC[SH](=O)=O)nn2c(CC)ccc2c1-c1ccnc(Cl)c1. The number of carbonyl (C=O) groups is 1. The lowest BCUT2D eigenvalue weighted by atomic mass is 9.94. The number of pyridine rings is 1. The standard InChI is InChI=1S/C23H28ClN3O4S/c1-3-17-9-10-20-23(16-11-13-25-21(24)15-16)18(7-5-6-8-22(28)31-4-2)19(26-27(17)20)12-14-32(29)30/h9-11,13,15,32H,3-8,12,14H2,1-2H3. The maximum Gasteiger partial charge on any atom is 0.305 e. The molecule has 3 heterocycles. The van der Waals surface area contributed by atoms with Crippen molar-refractivity contribution >= 4 is 33.8 Å². The Hall–Kier alpha value is -2.45. The van der Waals surface area contributed by atoms with Gasteiger partial charge in [-0.2, -0.15) is 5.10 Å². The summed E-state index contributed by atoms with van der Waals surface area (Å²) in [5.41, 5.74) is 5.62. The third kappa shape index (κ3) is 5.86. The number of ether oxygens (including phenoxy) is 1. The molecule has 0 saturated heterocycles. The monoisotopic (exact) mass is 477 g/mol. The van der Waals surface area contributed by atoms with E-state index in [-0.39, 0.29) is 11.7 Å². The minimum Gasteiger partial charge on any atom is -0.466 e. The van der Waals surface area contributed by atoms with Gasteiger partial charge in [-0.15, -0.1) is 0 Å². The Morgan fingerprint density at radius 1 is 1.16 bits per heavy atom. The fraction of sp³-hybridized carbons (Fsp3) is 0.435. The summed E-state index contributed by atoms with van der Waals surface area (Å²) >= 11 is 6.20. The molecule has 0 aliphatic carbocycles. The molecule has 0 fully saturated rings. The number of hydrogen-bond acceptors (Lipinski definition) is 6. The van der Waals surface area contributed by atoms with E-state index in [1.807, 2.05) is 28.8 Å². The minimum absolute atomic E-state index is 0.0307. The summed E-state index contributed by atoms with van der Waals surface area (Å²) in [6.45, 7) is 4.22. The van der Waals surface area contributed by atoms with Crippen molar-refractivity contribution in [3.05, 3.63) is 52.6 Å². The third-order valence-corrected chi connectivity index (χ3v) is 6.13. The van der Waals surface area contributed by atoms with Gasteiger partial charge in [-0.25, -0.2) is 17.9 Å². The zero-order chi connectivity index (χ0) is 23.1. The van der Waals surface area contributed by atoms with Crippen molar-refractivity contribution in [3.63, 3.8) is 0 Å². The summed E-state index contributed by atoms with van der Waals surface area (Å²) in [7, 11) is -2.52. The summed E-state index contributed by atoms with van der Waals surface area (Å²) in [5, 5.41) is 5.23. The first-order valence-corrected chi connectivity index (χ1v) is 12.6. The number of esters is 1. The van der Waals surface area contributed by atoms with E-state index in [0.717, 1.165) is 46.4 Å². The summed E-state index contributed by atoms with van der Waals surface area (Å²) < 4.78 is 29.6. The summed E-state index contributed by atoms with van der Waals surface area (Å²) in [5.74, 6) is -0.173. The molecule has 0 N–H and O–H groups in total. The molecule has 0 spiro atoms. The highest BCUT2D eigenvalue weighted by Crippen LogP contribution is 2.33. The first-order chi connectivity index (χ1) is 15.4. The van der Waals surface area contributed by atoms with Crippen LogP contribution in [0.3, 0.4) is 0 Å². The van der Waals surface area contributed by atoms with Gasteiger partial charge in [-0.05, 0) is 68.0 Å². The van der Waals surface area contributed by atoms with Crippen LogP contribution in [0.15, 0.2) is 30.5 Å². The Morgan fingerprint density at radius 2 is 1.97 bits per heavy atom. The van der Waals surface area contributed by atoms with Crippen molar-refractivity contribution in [1.29, 1.82) is 0 Å². The minimum atomic E-state index is -2.52. The molecule has 3 aromatic rings. The van der Waals surface area contributed by atoms with E-state index in [0.29, 0.717) is 37.4 Å². The van der Waals surface area contributed by atoms with Gasteiger partial charge in [-0.3, -0.25) is 4.79 Å². The number of nitrogens with zero attached hydrogens (tertiary/aromatic N) is 3. The molecule has 32 heavy (non-hydrogen) atoms. The maximum atomic E-state index is 11.7. The van der Waals surface area contributed by atoms with Crippen LogP contribution in [0, 0.1) is 0 Å². The van der Waals surface area contributed by atoms with Gasteiger partial charge < -0.3 is 4.74 Å². The van der Waals surface area contributed by atoms with Crippen LogP contribution in [0.5, 0.6) is 0 Å². The molecule has 0 saturated carbocycles. The molecule has 0 bridgehead atoms. The number of aromatic nitrogens is 3. The first kappa shape index (κ1) is 24.2. The van der Waals surface area contributed by atoms with Crippen LogP contribution in [-0.2, 0) is 39.5 Å². The van der Waals surface area contributed by atoms with Crippen molar-refractivity contribution in [2.45, 2.75) is 52.4 Å². The highest BCUT2D eigenvalue weighted by molar-refractivity contribution is 7.72. The predicted molar refractivity (Wildman–Crippen MR) is 126 cm³/mol. The van der Waals surface area contributed by atoms with E-state index in [1.165, 1.54) is 0 Å². The maximum absolute atomic E-state index is 11.7. The van der Waals surface area contributed by atoms with Crippen molar-refractivity contribution in [1.82, 2.24) is 14.6 Å². The first-order valence-electron chi connectivity index (χ1n) is 10.9. The fourth-order valence-corrected chi connectivity index (χ4v) is 4.45. The number of fused-ring (bicyclic) bond motifs is 1. The largest absolute Gasteiger partial charge is 0.466 e. The number of thiol groups is 1. The Morgan fingerprint density at radius 3 is 2.66 bits per heavy atom. The molecule has 3 rings (SSSR count). The number of carbonyl (C=O) groups excluding carboxylic acids is 1. The molecule has 172 valence electrons. The lowest BCUT2D eigenvalue weighted by Crippen LogP contribution is -2.11. The average Bonchev–Trinajstić information content (AvgIpc) is 3.17. The molecular formula is C23H28ClN3O4S. The van der Waals surface area contributed by atoms with E-state index in [4.69, 9.17) is 21.4 Å². The van der Waals surface area contributed by atoms with Gasteiger partial charge >= 0.3 is 5.97 Å². The van der Waals surface area contributed by atoms with Crippen molar-refractivity contribution < 1.29 is 17.9 Å². The zero-order valence-corrected chi connectivity index (χ0v) is 20.0. The van der Waals surface area contributed by atoms with E-state index in [2.05, 4.69) is 11.9 Å². The number of aryl methyl sites for hydroxylation is 2. The van der Waals surface area contributed by atoms with Crippen LogP contribution < -0.4 is 0 Å². The number of hydrogen-bond donors (Lipinski definition) is 1. The van der Waals surface area contributed by atoms with Crippen LogP contribution in [0.4, 0.5) is 0 Å². The highest BCUT2D eigenvalue weighted by atomic mass is 35.5. The van der Waals surface area contributed by atoms with Crippen molar-refractivity contribution in [2.75, 3.05) is 12.4 Å². The second kappa shape index (κ2) is 11.4. The number of rotatable bonds is 11. The van der Waals surface area contributed by atoms with Crippen LogP contribution >= 0.6 is 11.6 Å². The lowest BCUT2D eigenvalue weighted by Gasteiger charge is -2.17. The smallest absolute Gasteiger partial charge is 0.305 e. The van der Waals surface area contributed by atoms with Gasteiger partial charge in [0.15, 0.2) is 0 Å². The van der Waals surface area contributed by atoms with Crippen molar-refractivity contribution in [3.8, 4) is 11.1 Å². The highest BCUT2D eigenvalue weighted by Gasteiger charge is 2.19. The third-order valence-electron chi connectivity index (χ3n) is 5.33. The number of halogens is 1. The summed E-state index contributed by atoms with van der Waals surface area (Å²) in [4.78, 5) is 15.8. The van der Waals surface area contributed by atoms with Gasteiger partial charge in [0.1, 0.15) is 15.9 Å². The topological polar surface area (TPSA) is 90.6 Å². The normalized spacial score (nSPS) is 11.4. The average molecular weight is 478 g/mol.